The molecule has 2 rings (SSSR count). The molecule has 12 N–H and O–H groups in total. The van der Waals surface area contributed by atoms with Crippen molar-refractivity contribution >= 4 is 62.8 Å². The fraction of sp³-hybridized carbons (Fsp3) is 0.462. The first-order valence-electron chi connectivity index (χ1n) is 13.5. The van der Waals surface area contributed by atoms with Gasteiger partial charge in [-0.25, -0.2) is 4.98 Å². The topological polar surface area (TPSA) is 291 Å². The van der Waals surface area contributed by atoms with Crippen molar-refractivity contribution in [2.45, 2.75) is 38.6 Å². The lowest BCUT2D eigenvalue weighted by molar-refractivity contribution is -0.130. The Morgan fingerprint density at radius 1 is 1.05 bits per heavy atom. The molecule has 0 aliphatic rings. The second-order valence-corrected chi connectivity index (χ2v) is 10.0. The van der Waals surface area contributed by atoms with Crippen molar-refractivity contribution in [1.82, 2.24) is 20.9 Å². The summed E-state index contributed by atoms with van der Waals surface area (Å²) in [5, 5.41) is 19.6. The number of nitrogens with one attached hydrogen (secondary N) is 4. The molecular weight excluding hydrogens is 592 g/mol. The minimum absolute atomic E-state index is 0.0544. The number of methoxy groups -OCH3 is 1. The smallest absolute Gasteiger partial charge is 0.245 e. The van der Waals surface area contributed by atoms with Gasteiger partial charge in [0.2, 0.25) is 23.6 Å². The number of ether oxygens (including phenoxy) is 1. The highest BCUT2D eigenvalue weighted by Crippen LogP contribution is 2.24. The van der Waals surface area contributed by atoms with Gasteiger partial charge in [-0.05, 0) is 37.5 Å². The number of carbonyl (C=O) groups is 4. The molecule has 1 aromatic heterocycles. The van der Waals surface area contributed by atoms with Crippen molar-refractivity contribution in [3.05, 3.63) is 23.2 Å². The first-order valence-corrected chi connectivity index (χ1v) is 14.3. The largest absolute Gasteiger partial charge is 0.375 e. The second-order valence-electron chi connectivity index (χ2n) is 8.99. The number of guanidine groups is 2. The molecule has 1 aromatic carbocycles. The van der Waals surface area contributed by atoms with Crippen LogP contribution in [0, 0.1) is 11.3 Å². The van der Waals surface area contributed by atoms with E-state index in [0.717, 1.165) is 17.7 Å². The molecule has 0 saturated carbocycles. The Morgan fingerprint density at radius 3 is 2.36 bits per heavy atom. The minimum atomic E-state index is -0.942. The van der Waals surface area contributed by atoms with Crippen molar-refractivity contribution < 1.29 is 23.9 Å². The van der Waals surface area contributed by atoms with Gasteiger partial charge in [0, 0.05) is 38.9 Å². The van der Waals surface area contributed by atoms with Crippen molar-refractivity contribution in [2.24, 2.45) is 32.9 Å². The Kier molecular flexibility index (Phi) is 17.5. The van der Waals surface area contributed by atoms with Gasteiger partial charge in [0.1, 0.15) is 18.7 Å². The number of amides is 4. The van der Waals surface area contributed by atoms with Gasteiger partial charge in [0.15, 0.2) is 16.9 Å². The number of nitriles is 1. The highest BCUT2D eigenvalue weighted by atomic mass is 32.1. The van der Waals surface area contributed by atoms with E-state index in [1.165, 1.54) is 18.4 Å². The molecule has 18 heteroatoms. The number of anilines is 1. The zero-order valence-corrected chi connectivity index (χ0v) is 25.5. The number of nitrogens with zero attached hydrogens (tertiary/aromatic N) is 4. The summed E-state index contributed by atoms with van der Waals surface area (Å²) in [5.41, 5.74) is 21.8. The fourth-order valence-corrected chi connectivity index (χ4v) is 4.13. The maximum atomic E-state index is 12.7. The average molecular weight is 633 g/mol. The monoisotopic (exact) mass is 632 g/mol. The normalized spacial score (nSPS) is 10.7. The van der Waals surface area contributed by atoms with Gasteiger partial charge in [0.25, 0.3) is 0 Å². The summed E-state index contributed by atoms with van der Waals surface area (Å²) in [4.78, 5) is 60.5. The molecule has 2 aromatic rings. The summed E-state index contributed by atoms with van der Waals surface area (Å²) in [6, 6.07) is 6.04. The predicted octanol–water partition coefficient (Wildman–Crippen LogP) is -1.42. The number of hydrogen-bond donors (Lipinski definition) is 8. The molecule has 0 fully saturated rings. The number of thiazole rings is 1. The summed E-state index contributed by atoms with van der Waals surface area (Å²) < 4.78 is 5.43. The zero-order valence-electron chi connectivity index (χ0n) is 24.7. The summed E-state index contributed by atoms with van der Waals surface area (Å²) >= 11 is 1.20. The molecule has 0 saturated heterocycles. The number of benzene rings is 1. The first-order chi connectivity index (χ1) is 21.0. The van der Waals surface area contributed by atoms with Gasteiger partial charge >= 0.3 is 0 Å². The Morgan fingerprint density at radius 2 is 1.75 bits per heavy atom. The van der Waals surface area contributed by atoms with E-state index < -0.39 is 23.8 Å². The van der Waals surface area contributed by atoms with Gasteiger partial charge in [-0.1, -0.05) is 6.92 Å². The molecule has 0 radical (unpaired) electrons. The van der Waals surface area contributed by atoms with Crippen molar-refractivity contribution in [2.75, 3.05) is 45.2 Å². The van der Waals surface area contributed by atoms with E-state index in [-0.39, 0.29) is 56.9 Å². The second kappa shape index (κ2) is 20.8. The highest BCUT2D eigenvalue weighted by Gasteiger charge is 2.21. The van der Waals surface area contributed by atoms with Gasteiger partial charge in [-0.15, -0.1) is 11.3 Å². The fourth-order valence-electron chi connectivity index (χ4n) is 3.32. The van der Waals surface area contributed by atoms with Crippen LogP contribution in [0.2, 0.25) is 0 Å². The van der Waals surface area contributed by atoms with Crippen LogP contribution in [0.3, 0.4) is 0 Å². The number of hydrogen-bond acceptors (Lipinski definition) is 10. The Labute approximate surface area is 258 Å². The quantitative estimate of drug-likeness (QED) is 0.0603. The van der Waals surface area contributed by atoms with Crippen molar-refractivity contribution in [3.63, 3.8) is 0 Å². The van der Waals surface area contributed by atoms with Gasteiger partial charge in [-0.3, -0.25) is 29.2 Å². The number of carbonyl (C=O) groups excluding carboxylic acids is 4. The van der Waals surface area contributed by atoms with Gasteiger partial charge < -0.3 is 48.9 Å². The van der Waals surface area contributed by atoms with Crippen LogP contribution in [0.15, 0.2) is 28.2 Å². The van der Waals surface area contributed by atoms with E-state index >= 15 is 0 Å². The molecule has 0 bridgehead atoms. The van der Waals surface area contributed by atoms with Crippen LogP contribution < -0.4 is 44.2 Å². The summed E-state index contributed by atoms with van der Waals surface area (Å²) in [7, 11) is 1.38. The lowest BCUT2D eigenvalue weighted by Crippen LogP contribution is -2.49. The highest BCUT2D eigenvalue weighted by molar-refractivity contribution is 7.19. The number of rotatable bonds is 16. The van der Waals surface area contributed by atoms with Crippen LogP contribution >= 0.6 is 11.3 Å². The van der Waals surface area contributed by atoms with Crippen LogP contribution in [0.4, 0.5) is 5.69 Å². The van der Waals surface area contributed by atoms with Gasteiger partial charge in [-0.2, -0.15) is 5.26 Å². The van der Waals surface area contributed by atoms with E-state index in [1.807, 2.05) is 13.0 Å². The average Bonchev–Trinajstić information content (AvgIpc) is 3.39. The maximum Gasteiger partial charge on any atom is 0.245 e. The molecule has 1 unspecified atom stereocenters. The number of aliphatic imine (C=N–C) groups is 2. The van der Waals surface area contributed by atoms with Crippen LogP contribution in [0.25, 0.3) is 10.2 Å². The standard InChI is InChI=1S/C22H29N9O5S.C4H11N3/c1-36-12-19(34)26-8-6-17(32)30-15(3-2-7-27-22(24)25)21(35)28-11-18(33)29-13-4-5-14-16(9-13)37-20(10-23)31-14;1-2-3-7-4(5)6/h4-5,9,15H,2-3,6-8,11-12H2,1H3,(H,26,34)(H,28,35)(H,29,33)(H,30,32)(H4,24,25,27);2-3H2,1H3,(H4,5,6,7). The lowest BCUT2D eigenvalue weighted by atomic mass is 10.1. The van der Waals surface area contributed by atoms with E-state index in [2.05, 4.69) is 36.2 Å². The minimum Gasteiger partial charge on any atom is -0.375 e. The van der Waals surface area contributed by atoms with Crippen LogP contribution in [0.1, 0.15) is 37.6 Å². The summed E-state index contributed by atoms with van der Waals surface area (Å²) in [6.45, 7) is 2.62. The van der Waals surface area contributed by atoms with E-state index in [4.69, 9.17) is 32.9 Å². The molecule has 44 heavy (non-hydrogen) atoms. The predicted molar refractivity (Wildman–Crippen MR) is 168 cm³/mol. The third kappa shape index (κ3) is 15.8. The molecule has 0 spiro atoms. The number of nitrogens with two attached hydrogens (primary N) is 4. The van der Waals surface area contributed by atoms with Crippen molar-refractivity contribution in [1.29, 1.82) is 5.26 Å². The Bertz CT molecular complexity index is 1350. The molecule has 0 aliphatic heterocycles. The summed E-state index contributed by atoms with van der Waals surface area (Å²) in [6.07, 6.45) is 1.56. The number of aromatic nitrogens is 1. The molecule has 0 aliphatic carbocycles. The molecule has 4 amide bonds. The Balaban J connectivity index is 0.00000123. The number of fused-ring (bicyclic) bond motifs is 1. The summed E-state index contributed by atoms with van der Waals surface area (Å²) in [5.74, 6) is -1.78. The maximum absolute atomic E-state index is 12.7. The molecule has 1 atom stereocenters. The SMILES string of the molecule is CCCN=C(N)N.COCC(=O)NCCC(=O)NC(CCCN=C(N)N)C(=O)NCC(=O)Nc1ccc2nc(C#N)sc2c1. The molecular formula is C26H40N12O5S. The lowest BCUT2D eigenvalue weighted by Gasteiger charge is -2.18. The zero-order chi connectivity index (χ0) is 32.9. The van der Waals surface area contributed by atoms with Crippen LogP contribution in [-0.2, 0) is 23.9 Å². The van der Waals surface area contributed by atoms with E-state index in [0.29, 0.717) is 22.6 Å². The molecule has 17 nitrogen and oxygen atoms in total. The first kappa shape index (κ1) is 37.0. The van der Waals surface area contributed by atoms with Crippen molar-refractivity contribution in [3.8, 4) is 6.07 Å². The van der Waals surface area contributed by atoms with Crippen LogP contribution in [-0.4, -0.2) is 86.5 Å². The molecule has 240 valence electrons. The van der Waals surface area contributed by atoms with Crippen LogP contribution in [0.5, 0.6) is 0 Å². The molecule has 1 heterocycles. The Hall–Kier alpha value is -5.02. The van der Waals surface area contributed by atoms with E-state index in [9.17, 15) is 19.2 Å². The third-order valence-corrected chi connectivity index (χ3v) is 6.18. The van der Waals surface area contributed by atoms with Gasteiger partial charge in [0.05, 0.1) is 16.8 Å². The third-order valence-electron chi connectivity index (χ3n) is 5.26. The van der Waals surface area contributed by atoms with E-state index in [1.54, 1.807) is 18.2 Å².